The molecule has 158 valence electrons. The molecule has 1 aliphatic rings. The van der Waals surface area contributed by atoms with Crippen molar-refractivity contribution in [2.24, 2.45) is 5.92 Å². The number of anilines is 1. The third-order valence-corrected chi connectivity index (χ3v) is 5.14. The molecule has 0 atom stereocenters. The number of esters is 1. The molecule has 3 rings (SSSR count). The van der Waals surface area contributed by atoms with Crippen LogP contribution in [0.4, 0.5) is 5.69 Å². The van der Waals surface area contributed by atoms with E-state index in [0.29, 0.717) is 37.2 Å². The van der Waals surface area contributed by atoms with Gasteiger partial charge in [-0.15, -0.1) is 0 Å². The number of nitrogens with zero attached hydrogens (tertiary/aromatic N) is 1. The first-order valence-corrected chi connectivity index (χ1v) is 9.98. The summed E-state index contributed by atoms with van der Waals surface area (Å²) in [5.41, 5.74) is 1.48. The smallest absolute Gasteiger partial charge is 0.310 e. The Kier molecular flexibility index (Phi) is 7.43. The molecule has 2 aromatic rings. The predicted octanol–water partition coefficient (Wildman–Crippen LogP) is 2.66. The fourth-order valence-corrected chi connectivity index (χ4v) is 3.45. The molecule has 1 saturated heterocycles. The zero-order chi connectivity index (χ0) is 21.3. The number of carbonyl (C=O) groups excluding carboxylic acids is 3. The molecule has 7 heteroatoms. The van der Waals surface area contributed by atoms with E-state index in [4.69, 9.17) is 9.47 Å². The molecule has 0 saturated carbocycles. The fraction of sp³-hybridized carbons (Fsp3) is 0.348. The quantitative estimate of drug-likeness (QED) is 0.710. The van der Waals surface area contributed by atoms with Crippen LogP contribution in [0.3, 0.4) is 0 Å². The molecule has 0 unspecified atom stereocenters. The molecular formula is C23H26N2O5. The van der Waals surface area contributed by atoms with Gasteiger partial charge in [0.2, 0.25) is 5.91 Å². The number of hydrogen-bond acceptors (Lipinski definition) is 5. The molecule has 7 nitrogen and oxygen atoms in total. The number of ether oxygens (including phenoxy) is 2. The van der Waals surface area contributed by atoms with E-state index in [0.717, 1.165) is 5.69 Å². The molecule has 1 heterocycles. The zero-order valence-electron chi connectivity index (χ0n) is 17.0. The van der Waals surface area contributed by atoms with Crippen molar-refractivity contribution in [2.45, 2.75) is 19.3 Å². The highest BCUT2D eigenvalue weighted by Crippen LogP contribution is 2.20. The fourth-order valence-electron chi connectivity index (χ4n) is 3.45. The van der Waals surface area contributed by atoms with Gasteiger partial charge in [-0.1, -0.05) is 36.4 Å². The van der Waals surface area contributed by atoms with Gasteiger partial charge in [0.05, 0.1) is 13.5 Å². The lowest BCUT2D eigenvalue weighted by Crippen LogP contribution is -2.43. The molecule has 0 radical (unpaired) electrons. The van der Waals surface area contributed by atoms with E-state index < -0.39 is 5.97 Å². The number of nitrogens with one attached hydrogen (secondary N) is 1. The first kappa shape index (κ1) is 21.4. The highest BCUT2D eigenvalue weighted by molar-refractivity contribution is 5.92. The second kappa shape index (κ2) is 10.4. The van der Waals surface area contributed by atoms with Crippen molar-refractivity contribution in [3.63, 3.8) is 0 Å². The largest absolute Gasteiger partial charge is 0.496 e. The standard InChI is InChI=1S/C23H26N2O5/c1-29-20-10-6-5-7-18(20)15-22(27)30-16-21(26)25-13-11-17(12-14-25)23(28)24-19-8-3-2-4-9-19/h2-10,17H,11-16H2,1H3,(H,24,28). The van der Waals surface area contributed by atoms with Crippen LogP contribution in [0.5, 0.6) is 5.75 Å². The maximum atomic E-state index is 12.4. The molecule has 0 bridgehead atoms. The van der Waals surface area contributed by atoms with Crippen molar-refractivity contribution in [2.75, 3.05) is 32.1 Å². The first-order valence-electron chi connectivity index (χ1n) is 9.98. The van der Waals surface area contributed by atoms with E-state index in [1.807, 2.05) is 42.5 Å². The maximum Gasteiger partial charge on any atom is 0.310 e. The summed E-state index contributed by atoms with van der Waals surface area (Å²) < 4.78 is 10.4. The van der Waals surface area contributed by atoms with Crippen LogP contribution in [0.1, 0.15) is 18.4 Å². The normalized spacial score (nSPS) is 14.1. The van der Waals surface area contributed by atoms with Crippen LogP contribution >= 0.6 is 0 Å². The van der Waals surface area contributed by atoms with E-state index >= 15 is 0 Å². The lowest BCUT2D eigenvalue weighted by Gasteiger charge is -2.31. The van der Waals surface area contributed by atoms with Gasteiger partial charge in [0, 0.05) is 30.3 Å². The number of amides is 2. The predicted molar refractivity (Wildman–Crippen MR) is 112 cm³/mol. The minimum Gasteiger partial charge on any atom is -0.496 e. The number of hydrogen-bond donors (Lipinski definition) is 1. The minimum atomic E-state index is -0.482. The van der Waals surface area contributed by atoms with Crippen molar-refractivity contribution < 1.29 is 23.9 Å². The second-order valence-electron chi connectivity index (χ2n) is 7.16. The number of likely N-dealkylation sites (tertiary alicyclic amines) is 1. The average molecular weight is 410 g/mol. The summed E-state index contributed by atoms with van der Waals surface area (Å²) in [6.07, 6.45) is 1.21. The van der Waals surface area contributed by atoms with Crippen LogP contribution in [0.15, 0.2) is 54.6 Å². The molecule has 2 aromatic carbocycles. The Labute approximate surface area is 176 Å². The van der Waals surface area contributed by atoms with Crippen LogP contribution < -0.4 is 10.1 Å². The number of para-hydroxylation sites is 2. The zero-order valence-corrected chi connectivity index (χ0v) is 17.0. The number of carbonyl (C=O) groups is 3. The lowest BCUT2D eigenvalue weighted by atomic mass is 9.95. The van der Waals surface area contributed by atoms with E-state index in [1.165, 1.54) is 7.11 Å². The third-order valence-electron chi connectivity index (χ3n) is 5.14. The number of benzene rings is 2. The van der Waals surface area contributed by atoms with Crippen molar-refractivity contribution in [3.05, 3.63) is 60.2 Å². The van der Waals surface area contributed by atoms with Gasteiger partial charge < -0.3 is 19.7 Å². The molecule has 0 aliphatic carbocycles. The van der Waals surface area contributed by atoms with E-state index in [1.54, 1.807) is 17.0 Å². The molecule has 0 aromatic heterocycles. The van der Waals surface area contributed by atoms with Crippen LogP contribution in [-0.4, -0.2) is 49.5 Å². The van der Waals surface area contributed by atoms with Crippen molar-refractivity contribution >= 4 is 23.5 Å². The van der Waals surface area contributed by atoms with Gasteiger partial charge in [0.1, 0.15) is 5.75 Å². The minimum absolute atomic E-state index is 0.0310. The Bertz CT molecular complexity index is 876. The second-order valence-corrected chi connectivity index (χ2v) is 7.16. The molecular weight excluding hydrogens is 384 g/mol. The van der Waals surface area contributed by atoms with Gasteiger partial charge in [0.25, 0.3) is 5.91 Å². The van der Waals surface area contributed by atoms with Crippen LogP contribution in [0, 0.1) is 5.92 Å². The Morgan fingerprint density at radius 2 is 1.67 bits per heavy atom. The third kappa shape index (κ3) is 5.83. The van der Waals surface area contributed by atoms with Gasteiger partial charge in [0.15, 0.2) is 6.61 Å². The topological polar surface area (TPSA) is 84.9 Å². The van der Waals surface area contributed by atoms with Crippen LogP contribution in [0.25, 0.3) is 0 Å². The number of piperidine rings is 1. The monoisotopic (exact) mass is 410 g/mol. The highest BCUT2D eigenvalue weighted by atomic mass is 16.5. The Morgan fingerprint density at radius 1 is 1.00 bits per heavy atom. The van der Waals surface area contributed by atoms with Gasteiger partial charge >= 0.3 is 5.97 Å². The molecule has 1 fully saturated rings. The number of methoxy groups -OCH3 is 1. The number of rotatable bonds is 7. The summed E-state index contributed by atoms with van der Waals surface area (Å²) in [7, 11) is 1.54. The van der Waals surface area contributed by atoms with Gasteiger partial charge in [-0.2, -0.15) is 0 Å². The molecule has 30 heavy (non-hydrogen) atoms. The van der Waals surface area contributed by atoms with Crippen molar-refractivity contribution in [1.82, 2.24) is 4.90 Å². The summed E-state index contributed by atoms with van der Waals surface area (Å²) in [5.74, 6) is -0.286. The SMILES string of the molecule is COc1ccccc1CC(=O)OCC(=O)N1CCC(C(=O)Nc2ccccc2)CC1. The van der Waals surface area contributed by atoms with E-state index in [2.05, 4.69) is 5.32 Å². The molecule has 0 spiro atoms. The molecule has 2 amide bonds. The average Bonchev–Trinajstić information content (AvgIpc) is 2.78. The van der Waals surface area contributed by atoms with Gasteiger partial charge in [-0.05, 0) is 31.0 Å². The maximum absolute atomic E-state index is 12.4. The Balaban J connectivity index is 1.40. The Morgan fingerprint density at radius 3 is 2.37 bits per heavy atom. The van der Waals surface area contributed by atoms with Crippen LogP contribution in [-0.2, 0) is 25.5 Å². The van der Waals surface area contributed by atoms with E-state index in [-0.39, 0.29) is 30.8 Å². The summed E-state index contributed by atoms with van der Waals surface area (Å²) in [6.45, 7) is 0.639. The molecule has 1 N–H and O–H groups in total. The molecule has 1 aliphatic heterocycles. The van der Waals surface area contributed by atoms with Crippen molar-refractivity contribution in [3.8, 4) is 5.75 Å². The summed E-state index contributed by atoms with van der Waals surface area (Å²) in [5, 5.41) is 2.91. The van der Waals surface area contributed by atoms with Crippen LogP contribution in [0.2, 0.25) is 0 Å². The highest BCUT2D eigenvalue weighted by Gasteiger charge is 2.27. The Hall–Kier alpha value is -3.35. The van der Waals surface area contributed by atoms with Gasteiger partial charge in [-0.3, -0.25) is 14.4 Å². The van der Waals surface area contributed by atoms with E-state index in [9.17, 15) is 14.4 Å². The summed E-state index contributed by atoms with van der Waals surface area (Å²) in [6, 6.07) is 16.5. The van der Waals surface area contributed by atoms with Crippen molar-refractivity contribution in [1.29, 1.82) is 0 Å². The summed E-state index contributed by atoms with van der Waals surface area (Å²) >= 11 is 0. The lowest BCUT2D eigenvalue weighted by molar-refractivity contribution is -0.152. The summed E-state index contributed by atoms with van der Waals surface area (Å²) in [4.78, 5) is 38.5. The van der Waals surface area contributed by atoms with Gasteiger partial charge in [-0.25, -0.2) is 0 Å². The first-order chi connectivity index (χ1) is 14.6.